The molecular formula is C12H14N2O4. The normalized spacial score (nSPS) is 25.8. The van der Waals surface area contributed by atoms with E-state index in [0.717, 1.165) is 0 Å². The molecule has 1 fully saturated rings. The molecule has 0 aromatic heterocycles. The van der Waals surface area contributed by atoms with Crippen molar-refractivity contribution in [2.75, 3.05) is 7.05 Å². The van der Waals surface area contributed by atoms with Crippen molar-refractivity contribution in [2.24, 2.45) is 0 Å². The van der Waals surface area contributed by atoms with Crippen molar-refractivity contribution in [1.82, 2.24) is 5.32 Å². The summed E-state index contributed by atoms with van der Waals surface area (Å²) in [5, 5.41) is 23.1. The van der Waals surface area contributed by atoms with Gasteiger partial charge in [0.25, 0.3) is 0 Å². The van der Waals surface area contributed by atoms with E-state index in [9.17, 15) is 20.0 Å². The summed E-state index contributed by atoms with van der Waals surface area (Å²) in [6.07, 6.45) is 0.626. The number of carbonyl (C=O) groups is 1. The number of phenolic OH excluding ortho intramolecular Hbond substituents is 1. The Hall–Kier alpha value is -1.95. The number of phenols is 1. The van der Waals surface area contributed by atoms with Gasteiger partial charge in [-0.05, 0) is 32.0 Å². The highest BCUT2D eigenvalue weighted by Gasteiger charge is 2.57. The largest absolute Gasteiger partial charge is 0.502 e. The second-order valence-corrected chi connectivity index (χ2v) is 4.54. The van der Waals surface area contributed by atoms with Crippen molar-refractivity contribution in [2.45, 2.75) is 24.8 Å². The van der Waals surface area contributed by atoms with Crippen LogP contribution in [0.2, 0.25) is 0 Å². The summed E-state index contributed by atoms with van der Waals surface area (Å²) < 4.78 is 0. The minimum atomic E-state index is -0.629. The van der Waals surface area contributed by atoms with E-state index in [4.69, 9.17) is 0 Å². The maximum Gasteiger partial charge on any atom is 0.310 e. The molecule has 0 aliphatic heterocycles. The van der Waals surface area contributed by atoms with Gasteiger partial charge in [-0.3, -0.25) is 14.9 Å². The Morgan fingerprint density at radius 3 is 2.72 bits per heavy atom. The predicted octanol–water partition coefficient (Wildman–Crippen LogP) is 1.33. The first-order valence-corrected chi connectivity index (χ1v) is 5.59. The van der Waals surface area contributed by atoms with Crippen LogP contribution >= 0.6 is 0 Å². The fourth-order valence-corrected chi connectivity index (χ4v) is 2.41. The molecule has 0 heterocycles. The summed E-state index contributed by atoms with van der Waals surface area (Å²) in [7, 11) is 1.70. The number of nitro groups is 1. The standard InChI is InChI=1S/C12H14N2O4/c1-7(15)12(13-2)6-9(12)8-3-4-11(16)10(5-8)14(17)18/h3-5,9,13,16H,6H2,1-2H3. The van der Waals surface area contributed by atoms with Gasteiger partial charge < -0.3 is 10.4 Å². The lowest BCUT2D eigenvalue weighted by Gasteiger charge is -2.12. The van der Waals surface area contributed by atoms with Crippen LogP contribution in [0.3, 0.4) is 0 Å². The van der Waals surface area contributed by atoms with Gasteiger partial charge in [0.2, 0.25) is 0 Å². The number of nitro benzene ring substituents is 1. The molecule has 1 aromatic rings. The maximum atomic E-state index is 11.6. The highest BCUT2D eigenvalue weighted by molar-refractivity contribution is 5.91. The third-order valence-corrected chi connectivity index (χ3v) is 3.63. The first-order valence-electron chi connectivity index (χ1n) is 5.59. The van der Waals surface area contributed by atoms with Crippen LogP contribution < -0.4 is 5.32 Å². The highest BCUT2D eigenvalue weighted by atomic mass is 16.6. The highest BCUT2D eigenvalue weighted by Crippen LogP contribution is 2.52. The minimum Gasteiger partial charge on any atom is -0.502 e. The van der Waals surface area contributed by atoms with Crippen LogP contribution in [-0.2, 0) is 4.79 Å². The molecule has 2 rings (SSSR count). The fraction of sp³-hybridized carbons (Fsp3) is 0.417. The fourth-order valence-electron chi connectivity index (χ4n) is 2.41. The number of aromatic hydroxyl groups is 1. The molecule has 6 heteroatoms. The number of benzene rings is 1. The smallest absolute Gasteiger partial charge is 0.310 e. The molecule has 0 bridgehead atoms. The van der Waals surface area contributed by atoms with E-state index in [2.05, 4.69) is 5.32 Å². The first kappa shape index (κ1) is 12.5. The number of likely N-dealkylation sites (N-methyl/N-ethyl adjacent to an activating group) is 1. The monoisotopic (exact) mass is 250 g/mol. The second kappa shape index (κ2) is 4.06. The van der Waals surface area contributed by atoms with E-state index in [0.29, 0.717) is 12.0 Å². The van der Waals surface area contributed by atoms with Crippen molar-refractivity contribution >= 4 is 11.5 Å². The van der Waals surface area contributed by atoms with E-state index in [-0.39, 0.29) is 23.1 Å². The Kier molecular flexibility index (Phi) is 2.82. The zero-order valence-electron chi connectivity index (χ0n) is 10.1. The Labute approximate surface area is 104 Å². The third-order valence-electron chi connectivity index (χ3n) is 3.63. The number of ketones is 1. The molecule has 2 N–H and O–H groups in total. The molecule has 2 unspecified atom stereocenters. The lowest BCUT2D eigenvalue weighted by Crippen LogP contribution is -2.36. The van der Waals surface area contributed by atoms with Crippen molar-refractivity contribution < 1.29 is 14.8 Å². The van der Waals surface area contributed by atoms with Gasteiger partial charge >= 0.3 is 5.69 Å². The molecule has 1 aliphatic rings. The van der Waals surface area contributed by atoms with Crippen LogP contribution in [0.5, 0.6) is 5.75 Å². The summed E-state index contributed by atoms with van der Waals surface area (Å²) in [5.41, 5.74) is -0.234. The van der Waals surface area contributed by atoms with E-state index >= 15 is 0 Å². The summed E-state index contributed by atoms with van der Waals surface area (Å²) in [6, 6.07) is 4.25. The Bertz CT molecular complexity index is 529. The average Bonchev–Trinajstić information content (AvgIpc) is 3.05. The van der Waals surface area contributed by atoms with Gasteiger partial charge in [-0.1, -0.05) is 6.07 Å². The Morgan fingerprint density at radius 1 is 1.61 bits per heavy atom. The first-order chi connectivity index (χ1) is 8.42. The molecular weight excluding hydrogens is 236 g/mol. The summed E-state index contributed by atoms with van der Waals surface area (Å²) in [4.78, 5) is 21.7. The molecule has 6 nitrogen and oxygen atoms in total. The van der Waals surface area contributed by atoms with Crippen LogP contribution in [-0.4, -0.2) is 28.4 Å². The van der Waals surface area contributed by atoms with Crippen LogP contribution in [0.25, 0.3) is 0 Å². The molecule has 1 aromatic carbocycles. The summed E-state index contributed by atoms with van der Waals surface area (Å²) >= 11 is 0. The molecule has 0 radical (unpaired) electrons. The number of hydrogen-bond donors (Lipinski definition) is 2. The van der Waals surface area contributed by atoms with Crippen LogP contribution in [0.15, 0.2) is 18.2 Å². The van der Waals surface area contributed by atoms with Gasteiger partial charge in [0, 0.05) is 12.0 Å². The van der Waals surface area contributed by atoms with Gasteiger partial charge in [-0.25, -0.2) is 0 Å². The molecule has 0 saturated heterocycles. The van der Waals surface area contributed by atoms with Crippen LogP contribution in [0.4, 0.5) is 5.69 Å². The summed E-state index contributed by atoms with van der Waals surface area (Å²) in [5.74, 6) is -0.410. The molecule has 18 heavy (non-hydrogen) atoms. The molecule has 0 amide bonds. The lowest BCUT2D eigenvalue weighted by molar-refractivity contribution is -0.385. The third kappa shape index (κ3) is 1.74. The maximum absolute atomic E-state index is 11.6. The van der Waals surface area contributed by atoms with Crippen molar-refractivity contribution in [3.05, 3.63) is 33.9 Å². The second-order valence-electron chi connectivity index (χ2n) is 4.54. The van der Waals surface area contributed by atoms with Crippen molar-refractivity contribution in [3.8, 4) is 5.75 Å². The number of carbonyl (C=O) groups excluding carboxylic acids is 1. The van der Waals surface area contributed by atoms with Gasteiger partial charge in [-0.2, -0.15) is 0 Å². The molecule has 1 saturated carbocycles. The Balaban J connectivity index is 2.35. The lowest BCUT2D eigenvalue weighted by atomic mass is 10.0. The quantitative estimate of drug-likeness (QED) is 0.621. The average molecular weight is 250 g/mol. The molecule has 1 aliphatic carbocycles. The van der Waals surface area contributed by atoms with Crippen molar-refractivity contribution in [1.29, 1.82) is 0 Å². The number of Topliss-reactive ketones (excluding diaryl/α,β-unsaturated/α-hetero) is 1. The van der Waals surface area contributed by atoms with E-state index in [1.54, 1.807) is 13.1 Å². The SMILES string of the molecule is CNC1(C(C)=O)CC1c1ccc(O)c([N+](=O)[O-])c1. The Morgan fingerprint density at radius 2 is 2.28 bits per heavy atom. The van der Waals surface area contributed by atoms with Gasteiger partial charge in [0.1, 0.15) is 5.78 Å². The zero-order chi connectivity index (χ0) is 13.5. The van der Waals surface area contributed by atoms with Gasteiger partial charge in [0.05, 0.1) is 10.5 Å². The van der Waals surface area contributed by atoms with E-state index in [1.807, 2.05) is 0 Å². The molecule has 2 atom stereocenters. The van der Waals surface area contributed by atoms with Gasteiger partial charge in [-0.15, -0.1) is 0 Å². The number of nitrogens with zero attached hydrogens (tertiary/aromatic N) is 1. The molecule has 0 spiro atoms. The predicted molar refractivity (Wildman–Crippen MR) is 64.6 cm³/mol. The number of nitrogens with one attached hydrogen (secondary N) is 1. The van der Waals surface area contributed by atoms with Gasteiger partial charge in [0.15, 0.2) is 5.75 Å². The van der Waals surface area contributed by atoms with E-state index < -0.39 is 10.5 Å². The van der Waals surface area contributed by atoms with Crippen LogP contribution in [0.1, 0.15) is 24.8 Å². The minimum absolute atomic E-state index is 0.0192. The summed E-state index contributed by atoms with van der Waals surface area (Å²) in [6.45, 7) is 1.51. The topological polar surface area (TPSA) is 92.5 Å². The molecule has 96 valence electrons. The number of hydrogen-bond acceptors (Lipinski definition) is 5. The number of rotatable bonds is 4. The van der Waals surface area contributed by atoms with Crippen LogP contribution in [0, 0.1) is 10.1 Å². The van der Waals surface area contributed by atoms with E-state index in [1.165, 1.54) is 19.1 Å². The van der Waals surface area contributed by atoms with Crippen molar-refractivity contribution in [3.63, 3.8) is 0 Å². The zero-order valence-corrected chi connectivity index (χ0v) is 10.1.